The van der Waals surface area contributed by atoms with Crippen LogP contribution in [0.5, 0.6) is 0 Å². The van der Waals surface area contributed by atoms with Crippen LogP contribution in [0.4, 0.5) is 0 Å². The standard InChI is InChI=1S/C6H20N2O12P4.5Na/c1-17-21(9,10)7(22(11,12)18-2)5-6-8(23(13,14)19-3)24(15,16)20-4;;;;;/h5-6H2,1-4H3,(H,9,10)(H,11,12)(H,13,14)(H,15,16);;;;;. The van der Waals surface area contributed by atoms with Crippen molar-refractivity contribution in [2.24, 2.45) is 0 Å². The Kier molecular flexibility index (Phi) is 33.8. The quantitative estimate of drug-likeness (QED) is 0.174. The molecular formula is C6H20N2Na5O12P4. The second kappa shape index (κ2) is 20.6. The maximum Gasteiger partial charge on any atom is 0.414 e. The van der Waals surface area contributed by atoms with Gasteiger partial charge in [0.15, 0.2) is 0 Å². The van der Waals surface area contributed by atoms with Crippen molar-refractivity contribution in [2.75, 3.05) is 41.5 Å². The van der Waals surface area contributed by atoms with Crippen molar-refractivity contribution in [1.82, 2.24) is 8.88 Å². The third kappa shape index (κ3) is 15.4. The van der Waals surface area contributed by atoms with Crippen LogP contribution in [0.15, 0.2) is 0 Å². The third-order valence-electron chi connectivity index (χ3n) is 2.62. The van der Waals surface area contributed by atoms with Gasteiger partial charge < -0.3 is 19.6 Å². The topological polar surface area (TPSA) is 193 Å². The van der Waals surface area contributed by atoms with Crippen LogP contribution < -0.4 is 0 Å². The van der Waals surface area contributed by atoms with E-state index in [-0.39, 0.29) is 157 Å². The Bertz CT molecular complexity index is 530. The normalized spacial score (nSPS) is 18.7. The Labute approximate surface area is 280 Å². The average Bonchev–Trinajstić information content (AvgIpc) is 2.50. The number of rotatable bonds is 11. The van der Waals surface area contributed by atoms with Gasteiger partial charge in [0, 0.05) is 189 Å². The van der Waals surface area contributed by atoms with Crippen LogP contribution >= 0.6 is 31.0 Å². The molecule has 151 valence electrons. The molecule has 0 spiro atoms. The zero-order valence-electron chi connectivity index (χ0n) is 18.2. The molecule has 5 radical (unpaired) electrons. The van der Waals surface area contributed by atoms with Gasteiger partial charge in [0.1, 0.15) is 0 Å². The van der Waals surface area contributed by atoms with Crippen molar-refractivity contribution in [1.29, 1.82) is 0 Å². The molecule has 0 aromatic rings. The van der Waals surface area contributed by atoms with E-state index in [1.807, 2.05) is 0 Å². The number of hydrogen-bond acceptors (Lipinski definition) is 8. The van der Waals surface area contributed by atoms with Crippen LogP contribution in [-0.4, -0.2) is 218 Å². The van der Waals surface area contributed by atoms with E-state index < -0.39 is 44.1 Å². The summed E-state index contributed by atoms with van der Waals surface area (Å²) in [5.41, 5.74) is 0. The van der Waals surface area contributed by atoms with Crippen LogP contribution in [0, 0.1) is 0 Å². The molecule has 0 aromatic carbocycles. The molecule has 0 aromatic heterocycles. The summed E-state index contributed by atoms with van der Waals surface area (Å²) in [5, 5.41) is 0. The molecule has 0 saturated carbocycles. The Morgan fingerprint density at radius 3 is 0.759 bits per heavy atom. The van der Waals surface area contributed by atoms with Gasteiger partial charge in [-0.1, -0.05) is 0 Å². The maximum atomic E-state index is 11.8. The van der Waals surface area contributed by atoms with Gasteiger partial charge in [0.05, 0.1) is 0 Å². The number of hydrogen-bond donors (Lipinski definition) is 4. The zero-order valence-corrected chi connectivity index (χ0v) is 31.7. The van der Waals surface area contributed by atoms with E-state index >= 15 is 0 Å². The van der Waals surface area contributed by atoms with E-state index in [2.05, 4.69) is 18.1 Å². The summed E-state index contributed by atoms with van der Waals surface area (Å²) in [5.74, 6) is 0. The van der Waals surface area contributed by atoms with E-state index in [9.17, 15) is 37.8 Å². The van der Waals surface area contributed by atoms with Gasteiger partial charge in [-0.15, -0.1) is 8.88 Å². The van der Waals surface area contributed by atoms with Crippen molar-refractivity contribution in [3.8, 4) is 0 Å². The molecular weight excluding hydrogens is 531 g/mol. The molecule has 0 rings (SSSR count). The molecule has 29 heavy (non-hydrogen) atoms. The molecule has 0 saturated heterocycles. The van der Waals surface area contributed by atoms with E-state index in [0.29, 0.717) is 0 Å². The van der Waals surface area contributed by atoms with Gasteiger partial charge in [-0.05, 0) is 0 Å². The van der Waals surface area contributed by atoms with Crippen LogP contribution in [-0.2, 0) is 36.4 Å². The molecule has 14 nitrogen and oxygen atoms in total. The van der Waals surface area contributed by atoms with Crippen LogP contribution in [0.25, 0.3) is 0 Å². The van der Waals surface area contributed by atoms with Crippen molar-refractivity contribution < 1.29 is 55.9 Å². The van der Waals surface area contributed by atoms with Gasteiger partial charge >= 0.3 is 31.0 Å². The fraction of sp³-hybridized carbons (Fsp3) is 1.00. The molecule has 4 atom stereocenters. The second-order valence-electron chi connectivity index (χ2n) is 3.88. The summed E-state index contributed by atoms with van der Waals surface area (Å²) in [7, 11) is -16.4. The second-order valence-corrected chi connectivity index (χ2v) is 11.8. The predicted molar refractivity (Wildman–Crippen MR) is 110 cm³/mol. The molecule has 0 amide bonds. The first-order valence-corrected chi connectivity index (χ1v) is 11.9. The Morgan fingerprint density at radius 2 is 0.655 bits per heavy atom. The first kappa shape index (κ1) is 47.7. The molecule has 0 fully saturated rings. The smallest absolute Gasteiger partial charge is 0.312 e. The van der Waals surface area contributed by atoms with Crippen LogP contribution in [0.2, 0.25) is 0 Å². The molecule has 0 aliphatic heterocycles. The van der Waals surface area contributed by atoms with Gasteiger partial charge in [-0.25, -0.2) is 18.3 Å². The average molecular weight is 551 g/mol. The minimum absolute atomic E-state index is 0. The number of nitrogens with zero attached hydrogens (tertiary/aromatic N) is 2. The minimum Gasteiger partial charge on any atom is -0.312 e. The molecule has 0 heterocycles. The summed E-state index contributed by atoms with van der Waals surface area (Å²) in [6.45, 7) is -1.93. The molecule has 4 unspecified atom stereocenters. The molecule has 0 bridgehead atoms. The summed E-state index contributed by atoms with van der Waals surface area (Å²) >= 11 is 0. The summed E-state index contributed by atoms with van der Waals surface area (Å²) in [6, 6.07) is 0. The summed E-state index contributed by atoms with van der Waals surface area (Å²) < 4.78 is 64.2. The van der Waals surface area contributed by atoms with Gasteiger partial charge in [-0.3, -0.25) is 18.1 Å². The summed E-state index contributed by atoms with van der Waals surface area (Å²) in [6.07, 6.45) is 0. The SMILES string of the molecule is COP(=O)(O)N(CCN(P(=O)(O)OC)P(=O)(O)OC)P(=O)(O)OC.[Na].[Na].[Na].[Na].[Na]. The third-order valence-corrected chi connectivity index (χ3v) is 10.4. The Morgan fingerprint density at radius 1 is 0.517 bits per heavy atom. The maximum absolute atomic E-state index is 11.8. The first-order chi connectivity index (χ1) is 10.7. The summed E-state index contributed by atoms with van der Waals surface area (Å²) in [4.78, 5) is 38.3. The van der Waals surface area contributed by atoms with Crippen LogP contribution in [0.3, 0.4) is 0 Å². The van der Waals surface area contributed by atoms with Gasteiger partial charge in [0.25, 0.3) is 0 Å². The molecule has 4 N–H and O–H groups in total. The van der Waals surface area contributed by atoms with E-state index in [4.69, 9.17) is 0 Å². The predicted octanol–water partition coefficient (Wildman–Crippen LogP) is -1.33. The zero-order chi connectivity index (χ0) is 19.4. The van der Waals surface area contributed by atoms with Crippen LogP contribution in [0.1, 0.15) is 0 Å². The fourth-order valence-corrected chi connectivity index (χ4v) is 6.63. The van der Waals surface area contributed by atoms with Crippen molar-refractivity contribution in [3.05, 3.63) is 0 Å². The van der Waals surface area contributed by atoms with Crippen molar-refractivity contribution in [2.45, 2.75) is 0 Å². The Hall–Kier alpha value is 5.52. The molecule has 0 aliphatic rings. The van der Waals surface area contributed by atoms with E-state index in [1.54, 1.807) is 0 Å². The van der Waals surface area contributed by atoms with Gasteiger partial charge in [0.2, 0.25) is 0 Å². The van der Waals surface area contributed by atoms with Crippen molar-refractivity contribution in [3.63, 3.8) is 0 Å². The monoisotopic (exact) mass is 551 g/mol. The van der Waals surface area contributed by atoms with Gasteiger partial charge in [-0.2, -0.15) is 0 Å². The molecule has 23 heteroatoms. The molecule has 0 aliphatic carbocycles. The largest absolute Gasteiger partial charge is 0.414 e. The van der Waals surface area contributed by atoms with Crippen molar-refractivity contribution >= 4 is 179 Å². The Balaban J connectivity index is -0.000000264. The van der Waals surface area contributed by atoms with E-state index in [0.717, 1.165) is 28.4 Å². The minimum atomic E-state index is -4.86. The first-order valence-electron chi connectivity index (χ1n) is 5.83. The van der Waals surface area contributed by atoms with E-state index in [1.165, 1.54) is 0 Å². The fourth-order valence-electron chi connectivity index (χ4n) is 1.35.